The number of nitrogens with one attached hydrogen (secondary N) is 1. The molecule has 2 unspecified atom stereocenters. The normalized spacial score (nSPS) is 27.1. The minimum absolute atomic E-state index is 0. The molecule has 8 heteroatoms. The van der Waals surface area contributed by atoms with Crippen LogP contribution in [0.15, 0.2) is 23.1 Å². The summed E-state index contributed by atoms with van der Waals surface area (Å²) in [5, 5.41) is 3.33. The monoisotopic (exact) mass is 360 g/mol. The van der Waals surface area contributed by atoms with E-state index in [1.165, 1.54) is 0 Å². The van der Waals surface area contributed by atoms with Crippen LogP contribution in [0.2, 0.25) is 0 Å². The van der Waals surface area contributed by atoms with Gasteiger partial charge in [0.1, 0.15) is 18.1 Å². The second-order valence-corrected chi connectivity index (χ2v) is 7.80. The highest BCUT2D eigenvalue weighted by molar-refractivity contribution is 7.89. The van der Waals surface area contributed by atoms with Gasteiger partial charge in [0.15, 0.2) is 11.5 Å². The SMILES string of the molecule is Cl.O=S(=O)(c1cccc2c1OCCO2)N1C2CCNCC1CC2. The zero-order valence-electron chi connectivity index (χ0n) is 12.7. The van der Waals surface area contributed by atoms with Crippen LogP contribution >= 0.6 is 12.4 Å². The third kappa shape index (κ3) is 2.80. The molecular weight excluding hydrogens is 340 g/mol. The molecule has 0 aromatic heterocycles. The van der Waals surface area contributed by atoms with Gasteiger partial charge in [0.25, 0.3) is 0 Å². The molecule has 6 nitrogen and oxygen atoms in total. The molecule has 0 saturated carbocycles. The number of hydrogen-bond donors (Lipinski definition) is 1. The predicted molar refractivity (Wildman–Crippen MR) is 88.0 cm³/mol. The molecule has 2 saturated heterocycles. The average Bonchev–Trinajstić information content (AvgIpc) is 2.80. The molecule has 1 aromatic carbocycles. The van der Waals surface area contributed by atoms with Gasteiger partial charge in [-0.15, -0.1) is 12.4 Å². The first-order valence-electron chi connectivity index (χ1n) is 7.81. The summed E-state index contributed by atoms with van der Waals surface area (Å²) >= 11 is 0. The zero-order valence-corrected chi connectivity index (χ0v) is 14.4. The molecule has 3 aliphatic heterocycles. The van der Waals surface area contributed by atoms with Crippen LogP contribution in [-0.4, -0.2) is 51.1 Å². The van der Waals surface area contributed by atoms with Crippen molar-refractivity contribution in [2.45, 2.75) is 36.2 Å². The highest BCUT2D eigenvalue weighted by atomic mass is 35.5. The van der Waals surface area contributed by atoms with E-state index in [9.17, 15) is 8.42 Å². The smallest absolute Gasteiger partial charge is 0.247 e. The molecule has 0 spiro atoms. The van der Waals surface area contributed by atoms with Gasteiger partial charge in [-0.1, -0.05) is 6.07 Å². The number of fused-ring (bicyclic) bond motifs is 3. The van der Waals surface area contributed by atoms with Gasteiger partial charge < -0.3 is 14.8 Å². The largest absolute Gasteiger partial charge is 0.486 e. The van der Waals surface area contributed by atoms with E-state index in [0.717, 1.165) is 32.4 Å². The highest BCUT2D eigenvalue weighted by Gasteiger charge is 2.44. The summed E-state index contributed by atoms with van der Waals surface area (Å²) < 4.78 is 39.3. The Morgan fingerprint density at radius 2 is 1.87 bits per heavy atom. The summed E-state index contributed by atoms with van der Waals surface area (Å²) in [6.45, 7) is 2.44. The summed E-state index contributed by atoms with van der Waals surface area (Å²) in [7, 11) is -3.57. The first-order chi connectivity index (χ1) is 10.7. The third-order valence-electron chi connectivity index (χ3n) is 4.67. The molecule has 1 aromatic rings. The lowest BCUT2D eigenvalue weighted by molar-refractivity contribution is 0.166. The Morgan fingerprint density at radius 3 is 2.74 bits per heavy atom. The number of rotatable bonds is 2. The van der Waals surface area contributed by atoms with Crippen molar-refractivity contribution in [3.05, 3.63) is 18.2 Å². The highest BCUT2D eigenvalue weighted by Crippen LogP contribution is 2.41. The number of ether oxygens (including phenoxy) is 2. The van der Waals surface area contributed by atoms with Crippen molar-refractivity contribution in [3.63, 3.8) is 0 Å². The van der Waals surface area contributed by atoms with Crippen molar-refractivity contribution in [2.24, 2.45) is 0 Å². The Labute approximate surface area is 142 Å². The molecule has 1 N–H and O–H groups in total. The van der Waals surface area contributed by atoms with Crippen LogP contribution < -0.4 is 14.8 Å². The molecule has 3 aliphatic rings. The van der Waals surface area contributed by atoms with Gasteiger partial charge in [-0.25, -0.2) is 8.42 Å². The van der Waals surface area contributed by atoms with Crippen molar-refractivity contribution in [1.29, 1.82) is 0 Å². The zero-order chi connectivity index (χ0) is 15.2. The molecule has 2 atom stereocenters. The number of benzene rings is 1. The van der Waals surface area contributed by atoms with Gasteiger partial charge in [-0.05, 0) is 37.9 Å². The third-order valence-corrected chi connectivity index (χ3v) is 6.70. The molecule has 0 amide bonds. The van der Waals surface area contributed by atoms with Crippen molar-refractivity contribution in [3.8, 4) is 11.5 Å². The van der Waals surface area contributed by atoms with E-state index in [1.54, 1.807) is 22.5 Å². The van der Waals surface area contributed by atoms with Crippen LogP contribution in [0.3, 0.4) is 0 Å². The average molecular weight is 361 g/mol. The van der Waals surface area contributed by atoms with Crippen LogP contribution in [0.4, 0.5) is 0 Å². The second-order valence-electron chi connectivity index (χ2n) is 5.99. The summed E-state index contributed by atoms with van der Waals surface area (Å²) in [6, 6.07) is 5.23. The fraction of sp³-hybridized carbons (Fsp3) is 0.600. The van der Waals surface area contributed by atoms with E-state index in [4.69, 9.17) is 9.47 Å². The summed E-state index contributed by atoms with van der Waals surface area (Å²) in [5.41, 5.74) is 0. The Kier molecular flexibility index (Phi) is 4.73. The lowest BCUT2D eigenvalue weighted by atomic mass is 10.1. The molecule has 2 bridgehead atoms. The summed E-state index contributed by atoms with van der Waals surface area (Å²) in [6.07, 6.45) is 2.73. The number of sulfonamides is 1. The Hall–Kier alpha value is -1.02. The number of para-hydroxylation sites is 1. The molecule has 0 radical (unpaired) electrons. The molecule has 4 rings (SSSR count). The maximum atomic E-state index is 13.2. The topological polar surface area (TPSA) is 67.9 Å². The molecule has 2 fully saturated rings. The van der Waals surface area contributed by atoms with E-state index in [0.29, 0.717) is 24.7 Å². The Morgan fingerprint density at radius 1 is 1.09 bits per heavy atom. The number of halogens is 1. The lowest BCUT2D eigenvalue weighted by Crippen LogP contribution is -2.42. The van der Waals surface area contributed by atoms with Gasteiger partial charge in [-0.3, -0.25) is 0 Å². The molecule has 128 valence electrons. The van der Waals surface area contributed by atoms with E-state index >= 15 is 0 Å². The molecular formula is C15H21ClN2O4S. The van der Waals surface area contributed by atoms with Crippen LogP contribution in [0.1, 0.15) is 19.3 Å². The first-order valence-corrected chi connectivity index (χ1v) is 9.25. The molecule has 0 aliphatic carbocycles. The van der Waals surface area contributed by atoms with Gasteiger partial charge in [0.05, 0.1) is 0 Å². The maximum Gasteiger partial charge on any atom is 0.247 e. The summed E-state index contributed by atoms with van der Waals surface area (Å²) in [5.74, 6) is 0.887. The Balaban J connectivity index is 0.00000156. The second kappa shape index (κ2) is 6.47. The van der Waals surface area contributed by atoms with Crippen LogP contribution in [0, 0.1) is 0 Å². The van der Waals surface area contributed by atoms with Crippen molar-refractivity contribution >= 4 is 22.4 Å². The maximum absolute atomic E-state index is 13.2. The number of nitrogens with zero attached hydrogens (tertiary/aromatic N) is 1. The van der Waals surface area contributed by atoms with E-state index in [-0.39, 0.29) is 29.4 Å². The molecule has 23 heavy (non-hydrogen) atoms. The van der Waals surface area contributed by atoms with Crippen LogP contribution in [0.5, 0.6) is 11.5 Å². The van der Waals surface area contributed by atoms with Gasteiger partial charge in [0.2, 0.25) is 10.0 Å². The predicted octanol–water partition coefficient (Wildman–Crippen LogP) is 1.39. The van der Waals surface area contributed by atoms with Crippen molar-refractivity contribution in [2.75, 3.05) is 26.3 Å². The minimum atomic E-state index is -3.57. The van der Waals surface area contributed by atoms with Crippen molar-refractivity contribution < 1.29 is 17.9 Å². The van der Waals surface area contributed by atoms with E-state index in [2.05, 4.69) is 5.32 Å². The standard InChI is InChI=1S/C15H20N2O4S.ClH/c18-22(19,17-11-4-5-12(17)10-16-7-6-11)14-3-1-2-13-15(14)21-9-8-20-13;/h1-3,11-12,16H,4-10H2;1H. The van der Waals surface area contributed by atoms with Gasteiger partial charge >= 0.3 is 0 Å². The van der Waals surface area contributed by atoms with Crippen LogP contribution in [-0.2, 0) is 10.0 Å². The van der Waals surface area contributed by atoms with Crippen molar-refractivity contribution in [1.82, 2.24) is 9.62 Å². The van der Waals surface area contributed by atoms with Gasteiger partial charge in [0, 0.05) is 18.6 Å². The van der Waals surface area contributed by atoms with E-state index < -0.39 is 10.0 Å². The fourth-order valence-corrected chi connectivity index (χ4v) is 5.74. The quantitative estimate of drug-likeness (QED) is 0.863. The summed E-state index contributed by atoms with van der Waals surface area (Å²) in [4.78, 5) is 0.239. The van der Waals surface area contributed by atoms with E-state index in [1.807, 2.05) is 0 Å². The molecule has 3 heterocycles. The number of hydrogen-bond acceptors (Lipinski definition) is 5. The lowest BCUT2D eigenvalue weighted by Gasteiger charge is -2.29. The van der Waals surface area contributed by atoms with Gasteiger partial charge in [-0.2, -0.15) is 4.31 Å². The fourth-order valence-electron chi connectivity index (χ4n) is 3.69. The first kappa shape index (κ1) is 16.8. The minimum Gasteiger partial charge on any atom is -0.486 e. The Bertz CT molecular complexity index is 668. The van der Waals surface area contributed by atoms with Crippen LogP contribution in [0.25, 0.3) is 0 Å².